The topological polar surface area (TPSA) is 23.4 Å². The highest BCUT2D eigenvalue weighted by molar-refractivity contribution is 6.01. The summed E-state index contributed by atoms with van der Waals surface area (Å²) < 4.78 is 16.8. The number of para-hydroxylation sites is 1. The summed E-state index contributed by atoms with van der Waals surface area (Å²) in [6, 6.07) is 16.4. The highest BCUT2D eigenvalue weighted by atomic mass is 16.5. The van der Waals surface area contributed by atoms with Gasteiger partial charge in [0.05, 0.1) is 10.9 Å². The van der Waals surface area contributed by atoms with Gasteiger partial charge >= 0.3 is 0 Å². The normalized spacial score (nSPS) is 26.3. The second-order valence-electron chi connectivity index (χ2n) is 16.1. The van der Waals surface area contributed by atoms with Gasteiger partial charge in [-0.1, -0.05) is 98.2 Å². The summed E-state index contributed by atoms with van der Waals surface area (Å²) >= 11 is 0. The van der Waals surface area contributed by atoms with Crippen molar-refractivity contribution in [2.45, 2.75) is 95.3 Å². The van der Waals surface area contributed by atoms with Crippen LogP contribution in [-0.4, -0.2) is 4.57 Å². The number of ether oxygens (including phenoxy) is 2. The van der Waals surface area contributed by atoms with E-state index >= 15 is 0 Å². The number of aromatic nitrogens is 1. The van der Waals surface area contributed by atoms with Crippen molar-refractivity contribution in [1.29, 1.82) is 0 Å². The van der Waals surface area contributed by atoms with Gasteiger partial charge in [0.15, 0.2) is 0 Å². The van der Waals surface area contributed by atoms with Crippen molar-refractivity contribution in [2.75, 3.05) is 0 Å². The van der Waals surface area contributed by atoms with Crippen LogP contribution in [-0.2, 0) is 16.6 Å². The highest BCUT2D eigenvalue weighted by Gasteiger charge is 2.58. The molecule has 3 nitrogen and oxygen atoms in total. The van der Waals surface area contributed by atoms with Gasteiger partial charge in [0.1, 0.15) is 23.0 Å². The molecule has 8 aliphatic rings. The van der Waals surface area contributed by atoms with E-state index in [0.29, 0.717) is 5.92 Å². The molecule has 1 spiro atoms. The number of rotatable bonds is 3. The van der Waals surface area contributed by atoms with E-state index in [1.54, 1.807) is 5.57 Å². The molecule has 0 N–H and O–H groups in total. The Balaban J connectivity index is 1.12. The molecule has 1 aromatic heterocycles. The number of nitrogens with zero attached hydrogens (tertiary/aromatic N) is 1. The Bertz CT molecular complexity index is 2320. The molecular formula is C49H47NO2. The lowest BCUT2D eigenvalue weighted by atomic mass is 9.53. The van der Waals surface area contributed by atoms with E-state index in [-0.39, 0.29) is 11.3 Å². The van der Waals surface area contributed by atoms with E-state index in [4.69, 9.17) is 9.47 Å². The molecule has 0 amide bonds. The summed E-state index contributed by atoms with van der Waals surface area (Å²) in [7, 11) is 0. The number of fused-ring (bicyclic) bond motifs is 9. The second-order valence-corrected chi connectivity index (χ2v) is 16.1. The minimum absolute atomic E-state index is 0.193. The second kappa shape index (κ2) is 12.2. The highest BCUT2D eigenvalue weighted by Crippen LogP contribution is 2.64. The molecule has 2 atom stereocenters. The van der Waals surface area contributed by atoms with Crippen molar-refractivity contribution < 1.29 is 9.47 Å². The molecule has 3 aromatic rings. The van der Waals surface area contributed by atoms with Crippen molar-refractivity contribution in [3.05, 3.63) is 160 Å². The van der Waals surface area contributed by atoms with Crippen LogP contribution in [0.2, 0.25) is 0 Å². The monoisotopic (exact) mass is 681 g/mol. The molecule has 2 unspecified atom stereocenters. The van der Waals surface area contributed by atoms with Crippen LogP contribution in [0.5, 0.6) is 5.75 Å². The van der Waals surface area contributed by atoms with Crippen LogP contribution in [0.4, 0.5) is 0 Å². The van der Waals surface area contributed by atoms with E-state index in [1.807, 2.05) is 0 Å². The lowest BCUT2D eigenvalue weighted by molar-refractivity contribution is 0.162. The summed E-state index contributed by atoms with van der Waals surface area (Å²) in [6.07, 6.45) is 39.4. The van der Waals surface area contributed by atoms with Gasteiger partial charge in [-0.05, 0) is 105 Å². The molecule has 6 aliphatic carbocycles. The van der Waals surface area contributed by atoms with Crippen LogP contribution in [0.15, 0.2) is 137 Å². The molecule has 3 heteroatoms. The van der Waals surface area contributed by atoms with Gasteiger partial charge in [0.25, 0.3) is 0 Å². The zero-order chi connectivity index (χ0) is 34.2. The maximum Gasteiger partial charge on any atom is 0.132 e. The molecule has 3 heterocycles. The first-order valence-electron chi connectivity index (χ1n) is 20.2. The first-order chi connectivity index (χ1) is 25.8. The standard InChI is InChI=1S/C49H47NO2/c1-3-15-32(16-4-1)36-21-14-28-45-48(36)49(38-22-8-11-26-43(38)51-44-27-12-9-23-39(44)49)40-30-29-33(31-46(40)52-45)35-20-13-25-42-47(35)37-19-7-10-24-41(37)50(42)34-17-5-2-6-18-34/h2,5,7-11,17,19-21,23-24,26,29-32,38H,1,3-4,6,12-16,18,22,25,27-28H2. The van der Waals surface area contributed by atoms with Crippen molar-refractivity contribution in [3.8, 4) is 5.75 Å². The summed E-state index contributed by atoms with van der Waals surface area (Å²) in [4.78, 5) is 0. The van der Waals surface area contributed by atoms with Crippen molar-refractivity contribution in [3.63, 3.8) is 0 Å². The molecule has 52 heavy (non-hydrogen) atoms. The zero-order valence-electron chi connectivity index (χ0n) is 30.1. The van der Waals surface area contributed by atoms with E-state index in [1.165, 1.54) is 93.6 Å². The first kappa shape index (κ1) is 30.8. The minimum atomic E-state index is -0.338. The quantitative estimate of drug-likeness (QED) is 0.275. The van der Waals surface area contributed by atoms with Crippen molar-refractivity contribution in [1.82, 2.24) is 4.57 Å². The Labute approximate surface area is 307 Å². The van der Waals surface area contributed by atoms with Gasteiger partial charge < -0.3 is 14.0 Å². The zero-order valence-corrected chi connectivity index (χ0v) is 30.1. The third-order valence-corrected chi connectivity index (χ3v) is 13.4. The summed E-state index contributed by atoms with van der Waals surface area (Å²) in [5, 5.41) is 1.35. The summed E-state index contributed by atoms with van der Waals surface area (Å²) in [6.45, 7) is 0. The lowest BCUT2D eigenvalue weighted by Gasteiger charge is -2.54. The van der Waals surface area contributed by atoms with Gasteiger partial charge in [0, 0.05) is 57.8 Å². The fourth-order valence-corrected chi connectivity index (χ4v) is 11.3. The molecule has 1 saturated carbocycles. The van der Waals surface area contributed by atoms with Gasteiger partial charge in [-0.15, -0.1) is 0 Å². The van der Waals surface area contributed by atoms with Crippen LogP contribution in [0.1, 0.15) is 106 Å². The number of allylic oxidation sites excluding steroid dienone is 17. The maximum atomic E-state index is 7.32. The Kier molecular flexibility index (Phi) is 7.21. The fraction of sp³-hybridized carbons (Fsp3) is 0.347. The van der Waals surface area contributed by atoms with E-state index in [2.05, 4.69) is 108 Å². The molecular weight excluding hydrogens is 635 g/mol. The van der Waals surface area contributed by atoms with Crippen molar-refractivity contribution >= 4 is 22.2 Å². The van der Waals surface area contributed by atoms with Gasteiger partial charge in [0.2, 0.25) is 0 Å². The van der Waals surface area contributed by atoms with E-state index < -0.39 is 0 Å². The third-order valence-electron chi connectivity index (χ3n) is 13.4. The molecule has 2 aliphatic heterocycles. The van der Waals surface area contributed by atoms with Gasteiger partial charge in [-0.25, -0.2) is 0 Å². The van der Waals surface area contributed by atoms with Crippen LogP contribution < -0.4 is 4.74 Å². The van der Waals surface area contributed by atoms with Crippen molar-refractivity contribution in [2.24, 2.45) is 11.8 Å². The molecule has 11 rings (SSSR count). The molecule has 2 aromatic carbocycles. The SMILES string of the molecule is C1=CCCC(n2c3c(c4ccccc42)C(c2ccc4c(c2)OC2=C(C(C5CCCCC5)=CCC2)C42C4=C(CCC=C4)OC4=CC=CCC42)=CCC3)=C1. The third kappa shape index (κ3) is 4.44. The molecule has 0 radical (unpaired) electrons. The predicted octanol–water partition coefficient (Wildman–Crippen LogP) is 12.5. The Morgan fingerprint density at radius 3 is 2.54 bits per heavy atom. The first-order valence-corrected chi connectivity index (χ1v) is 20.2. The number of benzene rings is 2. The molecule has 1 fully saturated rings. The smallest absolute Gasteiger partial charge is 0.132 e. The summed E-state index contributed by atoms with van der Waals surface area (Å²) in [5.74, 6) is 5.34. The fourth-order valence-electron chi connectivity index (χ4n) is 11.3. The average molecular weight is 682 g/mol. The molecule has 0 bridgehead atoms. The Morgan fingerprint density at radius 2 is 1.62 bits per heavy atom. The largest absolute Gasteiger partial charge is 0.465 e. The maximum absolute atomic E-state index is 7.32. The number of hydrogen-bond acceptors (Lipinski definition) is 2. The Morgan fingerprint density at radius 1 is 0.750 bits per heavy atom. The summed E-state index contributed by atoms with van der Waals surface area (Å²) in [5.41, 5.74) is 13.6. The van der Waals surface area contributed by atoms with Crippen LogP contribution >= 0.6 is 0 Å². The van der Waals surface area contributed by atoms with E-state index in [9.17, 15) is 0 Å². The van der Waals surface area contributed by atoms with Crippen LogP contribution in [0.25, 0.3) is 22.2 Å². The number of hydrogen-bond donors (Lipinski definition) is 0. The van der Waals surface area contributed by atoms with Gasteiger partial charge in [-0.3, -0.25) is 0 Å². The Hall–Kier alpha value is -4.76. The lowest BCUT2D eigenvalue weighted by Crippen LogP contribution is -2.48. The molecule has 260 valence electrons. The minimum Gasteiger partial charge on any atom is -0.465 e. The van der Waals surface area contributed by atoms with Crippen LogP contribution in [0, 0.1) is 11.8 Å². The van der Waals surface area contributed by atoms with Gasteiger partial charge in [-0.2, -0.15) is 0 Å². The molecule has 0 saturated heterocycles. The predicted molar refractivity (Wildman–Crippen MR) is 211 cm³/mol. The van der Waals surface area contributed by atoms with Crippen LogP contribution in [0.3, 0.4) is 0 Å². The average Bonchev–Trinajstić information content (AvgIpc) is 3.56. The van der Waals surface area contributed by atoms with E-state index in [0.717, 1.165) is 75.1 Å².